The van der Waals surface area contributed by atoms with Crippen LogP contribution < -0.4 is 5.32 Å². The van der Waals surface area contributed by atoms with Crippen molar-refractivity contribution in [2.75, 3.05) is 24.7 Å². The minimum absolute atomic E-state index is 0.0348. The number of hydrogen-bond acceptors (Lipinski definition) is 3. The molecule has 0 aliphatic heterocycles. The van der Waals surface area contributed by atoms with Crippen molar-refractivity contribution in [1.29, 1.82) is 0 Å². The first-order chi connectivity index (χ1) is 12.8. The number of aryl methyl sites for hydroxylation is 3. The van der Waals surface area contributed by atoms with E-state index in [0.717, 1.165) is 33.7 Å². The number of carbonyl (C=O) groups excluding carboxylic acids is 2. The van der Waals surface area contributed by atoms with Crippen molar-refractivity contribution in [1.82, 2.24) is 4.90 Å². The Morgan fingerprint density at radius 3 is 2.26 bits per heavy atom. The molecule has 4 nitrogen and oxygen atoms in total. The normalized spacial score (nSPS) is 10.6. The van der Waals surface area contributed by atoms with Crippen molar-refractivity contribution in [3.05, 3.63) is 63.7 Å². The summed E-state index contributed by atoms with van der Waals surface area (Å²) < 4.78 is 0. The molecule has 0 spiro atoms. The molecule has 144 valence electrons. The van der Waals surface area contributed by atoms with E-state index in [1.807, 2.05) is 57.2 Å². The standard InChI is InChI=1S/C21H25ClN2O2S/c1-14-9-15(2)21(16(3)10-14)23-19(25)11-24(4)20(26)13-27-12-17-5-7-18(22)8-6-17/h5-10H,11-13H2,1-4H3,(H,23,25). The van der Waals surface area contributed by atoms with Crippen molar-refractivity contribution >= 4 is 40.9 Å². The second-order valence-corrected chi connectivity index (χ2v) is 8.11. The van der Waals surface area contributed by atoms with Crippen LogP contribution in [0.4, 0.5) is 5.69 Å². The fraction of sp³-hybridized carbons (Fsp3) is 0.333. The lowest BCUT2D eigenvalue weighted by molar-refractivity contribution is -0.131. The van der Waals surface area contributed by atoms with Crippen LogP contribution in [-0.4, -0.2) is 36.1 Å². The number of hydrogen-bond donors (Lipinski definition) is 1. The lowest BCUT2D eigenvalue weighted by Gasteiger charge is -2.18. The minimum atomic E-state index is -0.191. The van der Waals surface area contributed by atoms with Gasteiger partial charge in [-0.25, -0.2) is 0 Å². The molecule has 0 bridgehead atoms. The summed E-state index contributed by atoms with van der Waals surface area (Å²) in [5.41, 5.74) is 5.14. The lowest BCUT2D eigenvalue weighted by Crippen LogP contribution is -2.36. The molecule has 0 aliphatic carbocycles. The summed E-state index contributed by atoms with van der Waals surface area (Å²) >= 11 is 7.39. The van der Waals surface area contributed by atoms with Crippen LogP contribution in [0.1, 0.15) is 22.3 Å². The van der Waals surface area contributed by atoms with E-state index in [0.29, 0.717) is 10.8 Å². The lowest BCUT2D eigenvalue weighted by atomic mass is 10.1. The van der Waals surface area contributed by atoms with Gasteiger partial charge in [0.05, 0.1) is 12.3 Å². The number of amides is 2. The summed E-state index contributed by atoms with van der Waals surface area (Å²) in [7, 11) is 1.65. The van der Waals surface area contributed by atoms with Crippen LogP contribution >= 0.6 is 23.4 Å². The zero-order valence-corrected chi connectivity index (χ0v) is 17.7. The van der Waals surface area contributed by atoms with Crippen molar-refractivity contribution in [2.45, 2.75) is 26.5 Å². The first-order valence-corrected chi connectivity index (χ1v) is 10.2. The predicted octanol–water partition coefficient (Wildman–Crippen LogP) is 4.60. The third kappa shape index (κ3) is 6.60. The summed E-state index contributed by atoms with van der Waals surface area (Å²) in [5.74, 6) is 0.796. The van der Waals surface area contributed by atoms with Crippen LogP contribution in [0.3, 0.4) is 0 Å². The molecule has 27 heavy (non-hydrogen) atoms. The van der Waals surface area contributed by atoms with E-state index in [9.17, 15) is 9.59 Å². The number of benzene rings is 2. The van der Waals surface area contributed by atoms with E-state index in [1.165, 1.54) is 16.7 Å². The monoisotopic (exact) mass is 404 g/mol. The van der Waals surface area contributed by atoms with Gasteiger partial charge >= 0.3 is 0 Å². The Kier molecular flexibility index (Phi) is 7.75. The summed E-state index contributed by atoms with van der Waals surface area (Å²) in [6, 6.07) is 11.6. The molecule has 0 unspecified atom stereocenters. The molecule has 0 radical (unpaired) electrons. The molecule has 0 aromatic heterocycles. The van der Waals surface area contributed by atoms with Crippen LogP contribution in [0.25, 0.3) is 0 Å². The Morgan fingerprint density at radius 1 is 1.07 bits per heavy atom. The summed E-state index contributed by atoms with van der Waals surface area (Å²) in [4.78, 5) is 26.0. The van der Waals surface area contributed by atoms with Gasteiger partial charge in [-0.2, -0.15) is 0 Å². The number of rotatable bonds is 7. The fourth-order valence-corrected chi connectivity index (χ4v) is 3.86. The quantitative estimate of drug-likeness (QED) is 0.733. The molecule has 1 N–H and O–H groups in total. The molecule has 0 aliphatic rings. The first-order valence-electron chi connectivity index (χ1n) is 8.70. The highest BCUT2D eigenvalue weighted by Gasteiger charge is 2.15. The maximum atomic E-state index is 12.3. The van der Waals surface area contributed by atoms with Gasteiger partial charge in [0.2, 0.25) is 11.8 Å². The molecule has 2 aromatic rings. The van der Waals surface area contributed by atoms with E-state index >= 15 is 0 Å². The number of thioether (sulfide) groups is 1. The van der Waals surface area contributed by atoms with Gasteiger partial charge in [-0.1, -0.05) is 41.4 Å². The minimum Gasteiger partial charge on any atom is -0.336 e. The molecular weight excluding hydrogens is 380 g/mol. The van der Waals surface area contributed by atoms with Crippen molar-refractivity contribution in [2.24, 2.45) is 0 Å². The smallest absolute Gasteiger partial charge is 0.243 e. The topological polar surface area (TPSA) is 49.4 Å². The van der Waals surface area contributed by atoms with Gasteiger partial charge in [0.25, 0.3) is 0 Å². The van der Waals surface area contributed by atoms with E-state index < -0.39 is 0 Å². The van der Waals surface area contributed by atoms with Gasteiger partial charge in [-0.15, -0.1) is 11.8 Å². The summed E-state index contributed by atoms with van der Waals surface area (Å²) in [6.07, 6.45) is 0. The number of carbonyl (C=O) groups is 2. The van der Waals surface area contributed by atoms with E-state index in [1.54, 1.807) is 7.05 Å². The number of likely N-dealkylation sites (N-methyl/N-ethyl adjacent to an activating group) is 1. The average molecular weight is 405 g/mol. The third-order valence-corrected chi connectivity index (χ3v) is 5.40. The van der Waals surface area contributed by atoms with E-state index in [4.69, 9.17) is 11.6 Å². The van der Waals surface area contributed by atoms with Gasteiger partial charge in [0.15, 0.2) is 0 Å². The average Bonchev–Trinajstić information content (AvgIpc) is 2.59. The second kappa shape index (κ2) is 9.81. The molecule has 0 fully saturated rings. The fourth-order valence-electron chi connectivity index (χ4n) is 2.81. The van der Waals surface area contributed by atoms with Crippen LogP contribution in [0.15, 0.2) is 36.4 Å². The third-order valence-electron chi connectivity index (χ3n) is 4.16. The SMILES string of the molecule is Cc1cc(C)c(NC(=O)CN(C)C(=O)CSCc2ccc(Cl)cc2)c(C)c1. The van der Waals surface area contributed by atoms with Crippen LogP contribution in [0, 0.1) is 20.8 Å². The van der Waals surface area contributed by atoms with E-state index in [-0.39, 0.29) is 18.4 Å². The number of halogens is 1. The molecule has 0 atom stereocenters. The largest absolute Gasteiger partial charge is 0.336 e. The zero-order valence-electron chi connectivity index (χ0n) is 16.1. The van der Waals surface area contributed by atoms with E-state index in [2.05, 4.69) is 5.32 Å². The number of nitrogens with zero attached hydrogens (tertiary/aromatic N) is 1. The van der Waals surface area contributed by atoms with Gasteiger partial charge < -0.3 is 10.2 Å². The Morgan fingerprint density at radius 2 is 1.67 bits per heavy atom. The Hall–Kier alpha value is -1.98. The maximum Gasteiger partial charge on any atom is 0.243 e. The van der Waals surface area contributed by atoms with Crippen LogP contribution in [0.5, 0.6) is 0 Å². The Balaban J connectivity index is 1.81. The van der Waals surface area contributed by atoms with Crippen molar-refractivity contribution < 1.29 is 9.59 Å². The highest BCUT2D eigenvalue weighted by Crippen LogP contribution is 2.22. The van der Waals surface area contributed by atoms with Gasteiger partial charge in [-0.05, 0) is 49.6 Å². The van der Waals surface area contributed by atoms with Crippen LogP contribution in [-0.2, 0) is 15.3 Å². The van der Waals surface area contributed by atoms with Crippen LogP contribution in [0.2, 0.25) is 5.02 Å². The number of anilines is 1. The molecule has 0 saturated heterocycles. The highest BCUT2D eigenvalue weighted by molar-refractivity contribution is 7.99. The molecule has 2 amide bonds. The Bertz CT molecular complexity index is 798. The summed E-state index contributed by atoms with van der Waals surface area (Å²) in [6.45, 7) is 6.00. The van der Waals surface area contributed by atoms with Crippen molar-refractivity contribution in [3.63, 3.8) is 0 Å². The molecule has 6 heteroatoms. The highest BCUT2D eigenvalue weighted by atomic mass is 35.5. The predicted molar refractivity (Wildman–Crippen MR) is 115 cm³/mol. The second-order valence-electron chi connectivity index (χ2n) is 6.69. The van der Waals surface area contributed by atoms with Crippen molar-refractivity contribution in [3.8, 4) is 0 Å². The molecule has 2 aromatic carbocycles. The maximum absolute atomic E-state index is 12.3. The van der Waals surface area contributed by atoms with Gasteiger partial charge in [0, 0.05) is 23.5 Å². The molecule has 0 heterocycles. The molecule has 0 saturated carbocycles. The number of nitrogens with one attached hydrogen (secondary N) is 1. The molecule has 2 rings (SSSR count). The van der Waals surface area contributed by atoms with Gasteiger partial charge in [0.1, 0.15) is 0 Å². The summed E-state index contributed by atoms with van der Waals surface area (Å²) in [5, 5.41) is 3.63. The Labute approximate surface area is 170 Å². The zero-order chi connectivity index (χ0) is 20.0. The van der Waals surface area contributed by atoms with Gasteiger partial charge in [-0.3, -0.25) is 9.59 Å². The molecular formula is C21H25ClN2O2S. The first kappa shape index (κ1) is 21.3.